The number of benzene rings is 1. The molecule has 2 rings (SSSR count). The van der Waals surface area contributed by atoms with Gasteiger partial charge in [0.15, 0.2) is 0 Å². The van der Waals surface area contributed by atoms with E-state index in [1.54, 1.807) is 0 Å². The van der Waals surface area contributed by atoms with E-state index in [9.17, 15) is 0 Å². The molecule has 1 aliphatic heterocycles. The van der Waals surface area contributed by atoms with Gasteiger partial charge in [-0.1, -0.05) is 6.07 Å². The molecular formula is C14H20Br2N2. The Morgan fingerprint density at radius 3 is 2.22 bits per heavy atom. The average molecular weight is 376 g/mol. The summed E-state index contributed by atoms with van der Waals surface area (Å²) in [6.07, 6.45) is 2.43. The molecule has 1 saturated heterocycles. The van der Waals surface area contributed by atoms with E-state index in [0.717, 1.165) is 8.95 Å². The van der Waals surface area contributed by atoms with Gasteiger partial charge in [0.05, 0.1) is 5.69 Å². The van der Waals surface area contributed by atoms with Crippen molar-refractivity contribution >= 4 is 37.5 Å². The first-order valence-corrected chi connectivity index (χ1v) is 8.11. The Morgan fingerprint density at radius 1 is 1.17 bits per heavy atom. The molecule has 0 aliphatic carbocycles. The SMILES string of the molecule is CC(C)N1CCC(Nc2c(Br)cccc2Br)CC1. The molecule has 1 aromatic carbocycles. The number of nitrogens with zero attached hydrogens (tertiary/aromatic N) is 1. The normalized spacial score (nSPS) is 18.3. The maximum atomic E-state index is 3.66. The fourth-order valence-corrected chi connectivity index (χ4v) is 3.63. The second kappa shape index (κ2) is 6.40. The lowest BCUT2D eigenvalue weighted by Crippen LogP contribution is -2.42. The van der Waals surface area contributed by atoms with Gasteiger partial charge in [-0.25, -0.2) is 0 Å². The first-order valence-electron chi connectivity index (χ1n) is 6.52. The van der Waals surface area contributed by atoms with E-state index in [4.69, 9.17) is 0 Å². The highest BCUT2D eigenvalue weighted by molar-refractivity contribution is 9.11. The summed E-state index contributed by atoms with van der Waals surface area (Å²) < 4.78 is 2.26. The van der Waals surface area contributed by atoms with Gasteiger partial charge in [-0.3, -0.25) is 0 Å². The maximum Gasteiger partial charge on any atom is 0.0631 e. The van der Waals surface area contributed by atoms with Gasteiger partial charge in [-0.15, -0.1) is 0 Å². The molecule has 1 fully saturated rings. The predicted octanol–water partition coefficient (Wildman–Crippen LogP) is 4.50. The minimum atomic E-state index is 0.579. The number of rotatable bonds is 3. The number of para-hydroxylation sites is 1. The van der Waals surface area contributed by atoms with Crippen LogP contribution in [0.1, 0.15) is 26.7 Å². The van der Waals surface area contributed by atoms with Crippen LogP contribution in [-0.2, 0) is 0 Å². The van der Waals surface area contributed by atoms with E-state index < -0.39 is 0 Å². The highest BCUT2D eigenvalue weighted by Crippen LogP contribution is 2.32. The molecule has 1 aliphatic rings. The summed E-state index contributed by atoms with van der Waals surface area (Å²) in [7, 11) is 0. The molecule has 0 bridgehead atoms. The zero-order valence-corrected chi connectivity index (χ0v) is 14.1. The first kappa shape index (κ1) is 14.4. The second-order valence-corrected chi connectivity index (χ2v) is 6.85. The van der Waals surface area contributed by atoms with Crippen LogP contribution in [0.2, 0.25) is 0 Å². The van der Waals surface area contributed by atoms with E-state index in [0.29, 0.717) is 12.1 Å². The Hall–Kier alpha value is -0.0600. The van der Waals surface area contributed by atoms with Gasteiger partial charge in [0.1, 0.15) is 0 Å². The van der Waals surface area contributed by atoms with Crippen LogP contribution in [-0.4, -0.2) is 30.1 Å². The van der Waals surface area contributed by atoms with Crippen molar-refractivity contribution < 1.29 is 0 Å². The third-order valence-corrected chi connectivity index (χ3v) is 4.89. The van der Waals surface area contributed by atoms with E-state index in [1.165, 1.54) is 31.6 Å². The summed E-state index contributed by atoms with van der Waals surface area (Å²) in [5.41, 5.74) is 1.18. The van der Waals surface area contributed by atoms with Crippen LogP contribution in [0.15, 0.2) is 27.1 Å². The van der Waals surface area contributed by atoms with Crippen LogP contribution < -0.4 is 5.32 Å². The Balaban J connectivity index is 1.96. The van der Waals surface area contributed by atoms with Crippen molar-refractivity contribution in [1.29, 1.82) is 0 Å². The smallest absolute Gasteiger partial charge is 0.0631 e. The van der Waals surface area contributed by atoms with Crippen LogP contribution in [0.3, 0.4) is 0 Å². The summed E-state index contributed by atoms with van der Waals surface area (Å²) in [6, 6.07) is 7.45. The van der Waals surface area contributed by atoms with E-state index in [1.807, 2.05) is 6.07 Å². The van der Waals surface area contributed by atoms with Crippen LogP contribution in [0.25, 0.3) is 0 Å². The molecule has 0 amide bonds. The maximum absolute atomic E-state index is 3.66. The van der Waals surface area contributed by atoms with Crippen LogP contribution in [0, 0.1) is 0 Å². The number of piperidine rings is 1. The quantitative estimate of drug-likeness (QED) is 0.836. The molecule has 100 valence electrons. The van der Waals surface area contributed by atoms with Gasteiger partial charge < -0.3 is 10.2 Å². The summed E-state index contributed by atoms with van der Waals surface area (Å²) in [4.78, 5) is 2.55. The van der Waals surface area contributed by atoms with Gasteiger partial charge in [0, 0.05) is 34.1 Å². The topological polar surface area (TPSA) is 15.3 Å². The van der Waals surface area contributed by atoms with Crippen molar-refractivity contribution in [3.63, 3.8) is 0 Å². The molecule has 0 atom stereocenters. The summed E-state index contributed by atoms with van der Waals surface area (Å²) in [5, 5.41) is 3.66. The first-order chi connectivity index (χ1) is 8.58. The molecule has 0 spiro atoms. The second-order valence-electron chi connectivity index (χ2n) is 5.14. The van der Waals surface area contributed by atoms with Crippen LogP contribution in [0.5, 0.6) is 0 Å². The lowest BCUT2D eigenvalue weighted by Gasteiger charge is -2.35. The molecular weight excluding hydrogens is 356 g/mol. The predicted molar refractivity (Wildman–Crippen MR) is 85.2 cm³/mol. The van der Waals surface area contributed by atoms with Gasteiger partial charge in [-0.2, -0.15) is 0 Å². The number of halogens is 2. The molecule has 1 N–H and O–H groups in total. The number of hydrogen-bond donors (Lipinski definition) is 1. The number of hydrogen-bond acceptors (Lipinski definition) is 2. The fraction of sp³-hybridized carbons (Fsp3) is 0.571. The molecule has 0 aromatic heterocycles. The van der Waals surface area contributed by atoms with E-state index in [2.05, 4.69) is 68.1 Å². The summed E-state index contributed by atoms with van der Waals surface area (Å²) in [6.45, 7) is 6.94. The molecule has 1 heterocycles. The molecule has 0 radical (unpaired) electrons. The van der Waals surface area contributed by atoms with Crippen molar-refractivity contribution in [1.82, 2.24) is 4.90 Å². The number of likely N-dealkylation sites (tertiary alicyclic amines) is 1. The fourth-order valence-electron chi connectivity index (χ4n) is 2.40. The number of nitrogens with one attached hydrogen (secondary N) is 1. The Labute approximate surface area is 126 Å². The van der Waals surface area contributed by atoms with Crippen LogP contribution >= 0.6 is 31.9 Å². The van der Waals surface area contributed by atoms with Crippen molar-refractivity contribution in [2.45, 2.75) is 38.8 Å². The van der Waals surface area contributed by atoms with Gasteiger partial charge >= 0.3 is 0 Å². The lowest BCUT2D eigenvalue weighted by atomic mass is 10.0. The minimum absolute atomic E-state index is 0.579. The van der Waals surface area contributed by atoms with E-state index >= 15 is 0 Å². The molecule has 18 heavy (non-hydrogen) atoms. The molecule has 0 unspecified atom stereocenters. The highest BCUT2D eigenvalue weighted by Gasteiger charge is 2.21. The standard InChI is InChI=1S/C14H20Br2N2/c1-10(2)18-8-6-11(7-9-18)17-14-12(15)4-3-5-13(14)16/h3-5,10-11,17H,6-9H2,1-2H3. The molecule has 1 aromatic rings. The minimum Gasteiger partial charge on any atom is -0.380 e. The van der Waals surface area contributed by atoms with Gasteiger partial charge in [0.2, 0.25) is 0 Å². The number of anilines is 1. The Kier molecular flexibility index (Phi) is 5.10. The van der Waals surface area contributed by atoms with Gasteiger partial charge in [-0.05, 0) is 70.7 Å². The Bertz CT molecular complexity index is 379. The molecule has 0 saturated carbocycles. The van der Waals surface area contributed by atoms with Crippen molar-refractivity contribution in [3.8, 4) is 0 Å². The zero-order chi connectivity index (χ0) is 13.1. The summed E-state index contributed by atoms with van der Waals surface area (Å²) >= 11 is 7.21. The monoisotopic (exact) mass is 374 g/mol. The lowest BCUT2D eigenvalue weighted by molar-refractivity contribution is 0.177. The van der Waals surface area contributed by atoms with Gasteiger partial charge in [0.25, 0.3) is 0 Å². The molecule has 2 nitrogen and oxygen atoms in total. The molecule has 4 heteroatoms. The highest BCUT2D eigenvalue weighted by atomic mass is 79.9. The third-order valence-electron chi connectivity index (χ3n) is 3.57. The largest absolute Gasteiger partial charge is 0.380 e. The Morgan fingerprint density at radius 2 is 1.72 bits per heavy atom. The summed E-state index contributed by atoms with van der Waals surface area (Å²) in [5.74, 6) is 0. The zero-order valence-electron chi connectivity index (χ0n) is 10.9. The third kappa shape index (κ3) is 3.49. The van der Waals surface area contributed by atoms with Crippen LogP contribution in [0.4, 0.5) is 5.69 Å². The van der Waals surface area contributed by atoms with E-state index in [-0.39, 0.29) is 0 Å². The average Bonchev–Trinajstić information content (AvgIpc) is 2.34. The van der Waals surface area contributed by atoms with Crippen molar-refractivity contribution in [3.05, 3.63) is 27.1 Å². The van der Waals surface area contributed by atoms with Crippen molar-refractivity contribution in [2.75, 3.05) is 18.4 Å². The van der Waals surface area contributed by atoms with Crippen molar-refractivity contribution in [2.24, 2.45) is 0 Å².